The van der Waals surface area contributed by atoms with Crippen molar-refractivity contribution in [1.82, 2.24) is 10.2 Å². The summed E-state index contributed by atoms with van der Waals surface area (Å²) in [5.41, 5.74) is 0.726. The van der Waals surface area contributed by atoms with Gasteiger partial charge in [0.1, 0.15) is 11.5 Å². The number of rotatable bonds is 5. The van der Waals surface area contributed by atoms with Crippen LogP contribution in [0, 0.1) is 0 Å². The third-order valence-corrected chi connectivity index (χ3v) is 2.85. The van der Waals surface area contributed by atoms with Gasteiger partial charge in [0.2, 0.25) is 5.89 Å². The van der Waals surface area contributed by atoms with E-state index in [1.54, 1.807) is 19.2 Å². The minimum Gasteiger partial charge on any atom is -0.497 e. The monoisotopic (exact) mass is 266 g/mol. The van der Waals surface area contributed by atoms with Gasteiger partial charge in [-0.2, -0.15) is 0 Å². The van der Waals surface area contributed by atoms with E-state index in [-0.39, 0.29) is 11.0 Å². The molecule has 0 aliphatic rings. The molecule has 6 nitrogen and oxygen atoms in total. The van der Waals surface area contributed by atoms with Gasteiger partial charge in [-0.1, -0.05) is 17.8 Å². The number of aromatic nitrogens is 2. The van der Waals surface area contributed by atoms with Crippen LogP contribution in [0.4, 0.5) is 0 Å². The standard InChI is InChI=1S/C11H10N2O4S/c1-16-8-4-2-3-7(5-8)10-12-13-11(17-10)18-6-9(14)15/h2-5H,6H2,1H3,(H,14,15). The van der Waals surface area contributed by atoms with Crippen LogP contribution in [0.25, 0.3) is 11.5 Å². The van der Waals surface area contributed by atoms with Crippen LogP contribution in [-0.2, 0) is 4.79 Å². The second-order valence-electron chi connectivity index (χ2n) is 3.29. The lowest BCUT2D eigenvalue weighted by atomic mass is 10.2. The Bertz CT molecular complexity index is 555. The zero-order valence-corrected chi connectivity index (χ0v) is 10.3. The zero-order valence-electron chi connectivity index (χ0n) is 9.49. The quantitative estimate of drug-likeness (QED) is 0.827. The van der Waals surface area contributed by atoms with Crippen LogP contribution in [0.5, 0.6) is 5.75 Å². The van der Waals surface area contributed by atoms with Crippen molar-refractivity contribution < 1.29 is 19.1 Å². The van der Waals surface area contributed by atoms with Crippen molar-refractivity contribution in [2.75, 3.05) is 12.9 Å². The lowest BCUT2D eigenvalue weighted by Gasteiger charge is -1.99. The number of methoxy groups -OCH3 is 1. The molecule has 0 amide bonds. The number of thioether (sulfide) groups is 1. The van der Waals surface area contributed by atoms with E-state index in [1.165, 1.54) is 0 Å². The smallest absolute Gasteiger partial charge is 0.314 e. The van der Waals surface area contributed by atoms with E-state index in [1.807, 2.05) is 12.1 Å². The van der Waals surface area contributed by atoms with Crippen molar-refractivity contribution in [3.05, 3.63) is 24.3 Å². The highest BCUT2D eigenvalue weighted by atomic mass is 32.2. The normalized spacial score (nSPS) is 10.3. The first-order chi connectivity index (χ1) is 8.69. The maximum atomic E-state index is 10.4. The molecule has 0 spiro atoms. The average Bonchev–Trinajstić information content (AvgIpc) is 2.85. The lowest BCUT2D eigenvalue weighted by molar-refractivity contribution is -0.133. The topological polar surface area (TPSA) is 85.5 Å². The van der Waals surface area contributed by atoms with Gasteiger partial charge in [-0.05, 0) is 18.2 Å². The first kappa shape index (κ1) is 12.4. The van der Waals surface area contributed by atoms with E-state index >= 15 is 0 Å². The summed E-state index contributed by atoms with van der Waals surface area (Å²) in [5.74, 6) is -0.0203. The van der Waals surface area contributed by atoms with E-state index in [2.05, 4.69) is 10.2 Å². The summed E-state index contributed by atoms with van der Waals surface area (Å²) >= 11 is 0.983. The minimum atomic E-state index is -0.930. The molecule has 18 heavy (non-hydrogen) atoms. The fourth-order valence-corrected chi connectivity index (χ4v) is 1.75. The van der Waals surface area contributed by atoms with Crippen LogP contribution in [0.15, 0.2) is 33.9 Å². The Kier molecular flexibility index (Phi) is 3.83. The zero-order chi connectivity index (χ0) is 13.0. The fourth-order valence-electron chi connectivity index (χ4n) is 1.26. The highest BCUT2D eigenvalue weighted by molar-refractivity contribution is 7.99. The Hall–Kier alpha value is -2.02. The molecule has 1 heterocycles. The molecule has 94 valence electrons. The summed E-state index contributed by atoms with van der Waals surface area (Å²) in [4.78, 5) is 10.4. The molecule has 1 aromatic heterocycles. The van der Waals surface area contributed by atoms with E-state index in [9.17, 15) is 4.79 Å². The summed E-state index contributed by atoms with van der Waals surface area (Å²) in [6.07, 6.45) is 0. The summed E-state index contributed by atoms with van der Waals surface area (Å²) in [6, 6.07) is 7.18. The molecule has 0 unspecified atom stereocenters. The fraction of sp³-hybridized carbons (Fsp3) is 0.182. The molecule has 0 aliphatic carbocycles. The van der Waals surface area contributed by atoms with Crippen molar-refractivity contribution >= 4 is 17.7 Å². The molecule has 1 N–H and O–H groups in total. The van der Waals surface area contributed by atoms with Gasteiger partial charge in [0.05, 0.1) is 7.11 Å². The van der Waals surface area contributed by atoms with E-state index in [0.717, 1.165) is 17.3 Å². The number of carbonyl (C=O) groups is 1. The van der Waals surface area contributed by atoms with Gasteiger partial charge in [0.15, 0.2) is 0 Å². The number of hydrogen-bond donors (Lipinski definition) is 1. The molecular weight excluding hydrogens is 256 g/mol. The van der Waals surface area contributed by atoms with Crippen LogP contribution in [0.2, 0.25) is 0 Å². The van der Waals surface area contributed by atoms with Gasteiger partial charge in [-0.15, -0.1) is 10.2 Å². The predicted octanol–water partition coefficient (Wildman–Crippen LogP) is 1.92. The first-order valence-corrected chi connectivity index (χ1v) is 6.00. The van der Waals surface area contributed by atoms with Crippen molar-refractivity contribution in [3.8, 4) is 17.2 Å². The number of aliphatic carboxylic acids is 1. The highest BCUT2D eigenvalue weighted by Gasteiger charge is 2.11. The van der Waals surface area contributed by atoms with Gasteiger partial charge in [-0.3, -0.25) is 4.79 Å². The molecular formula is C11H10N2O4S. The molecule has 0 radical (unpaired) electrons. The Morgan fingerprint density at radius 3 is 3.06 bits per heavy atom. The van der Waals surface area contributed by atoms with Gasteiger partial charge in [0, 0.05) is 5.56 Å². The van der Waals surface area contributed by atoms with Crippen LogP contribution in [0.3, 0.4) is 0 Å². The van der Waals surface area contributed by atoms with E-state index < -0.39 is 5.97 Å². The molecule has 0 saturated carbocycles. The predicted molar refractivity (Wildman–Crippen MR) is 64.6 cm³/mol. The van der Waals surface area contributed by atoms with Crippen molar-refractivity contribution in [2.24, 2.45) is 0 Å². The maximum Gasteiger partial charge on any atom is 0.314 e. The minimum absolute atomic E-state index is 0.111. The summed E-state index contributed by atoms with van der Waals surface area (Å²) in [7, 11) is 1.57. The second-order valence-corrected chi connectivity index (χ2v) is 4.21. The number of nitrogens with zero attached hydrogens (tertiary/aromatic N) is 2. The summed E-state index contributed by atoms with van der Waals surface area (Å²) in [6.45, 7) is 0. The summed E-state index contributed by atoms with van der Waals surface area (Å²) < 4.78 is 10.4. The van der Waals surface area contributed by atoms with Gasteiger partial charge >= 0.3 is 5.97 Å². The van der Waals surface area contributed by atoms with Gasteiger partial charge in [-0.25, -0.2) is 0 Å². The third kappa shape index (κ3) is 3.01. The van der Waals surface area contributed by atoms with Gasteiger partial charge < -0.3 is 14.3 Å². The Morgan fingerprint density at radius 1 is 1.50 bits per heavy atom. The Balaban J connectivity index is 2.15. The number of benzene rings is 1. The van der Waals surface area contributed by atoms with E-state index in [4.69, 9.17) is 14.3 Å². The largest absolute Gasteiger partial charge is 0.497 e. The van der Waals surface area contributed by atoms with Crippen LogP contribution in [-0.4, -0.2) is 34.1 Å². The Morgan fingerprint density at radius 2 is 2.33 bits per heavy atom. The number of carboxylic acid groups (broad SMARTS) is 1. The number of carboxylic acids is 1. The summed E-state index contributed by atoms with van der Waals surface area (Å²) in [5, 5.41) is 16.4. The molecule has 0 saturated heterocycles. The van der Waals surface area contributed by atoms with Crippen molar-refractivity contribution in [1.29, 1.82) is 0 Å². The molecule has 7 heteroatoms. The number of hydrogen-bond acceptors (Lipinski definition) is 6. The molecule has 0 aliphatic heterocycles. The maximum absolute atomic E-state index is 10.4. The average molecular weight is 266 g/mol. The van der Waals surface area contributed by atoms with Crippen molar-refractivity contribution in [3.63, 3.8) is 0 Å². The van der Waals surface area contributed by atoms with Crippen LogP contribution in [0.1, 0.15) is 0 Å². The van der Waals surface area contributed by atoms with Crippen LogP contribution >= 0.6 is 11.8 Å². The molecule has 2 rings (SSSR count). The van der Waals surface area contributed by atoms with Crippen molar-refractivity contribution in [2.45, 2.75) is 5.22 Å². The molecule has 0 atom stereocenters. The molecule has 0 bridgehead atoms. The molecule has 2 aromatic rings. The SMILES string of the molecule is COc1cccc(-c2nnc(SCC(=O)O)o2)c1. The number of ether oxygens (including phenoxy) is 1. The molecule has 0 fully saturated rings. The van der Waals surface area contributed by atoms with Crippen LogP contribution < -0.4 is 4.74 Å². The lowest BCUT2D eigenvalue weighted by Crippen LogP contribution is -1.97. The van der Waals surface area contributed by atoms with Gasteiger partial charge in [0.25, 0.3) is 5.22 Å². The highest BCUT2D eigenvalue weighted by Crippen LogP contribution is 2.25. The Labute approximate surface area is 107 Å². The third-order valence-electron chi connectivity index (χ3n) is 2.04. The first-order valence-electron chi connectivity index (χ1n) is 5.01. The second kappa shape index (κ2) is 5.54. The molecule has 1 aromatic carbocycles. The van der Waals surface area contributed by atoms with E-state index in [0.29, 0.717) is 11.6 Å².